The van der Waals surface area contributed by atoms with Crippen LogP contribution in [0.15, 0.2) is 47.4 Å². The molecule has 0 aromatic heterocycles. The minimum atomic E-state index is 0.0154. The highest BCUT2D eigenvalue weighted by Gasteiger charge is 2.06. The van der Waals surface area contributed by atoms with E-state index in [1.165, 1.54) is 12.5 Å². The van der Waals surface area contributed by atoms with Crippen LogP contribution >= 0.6 is 11.8 Å². The molecule has 0 fully saturated rings. The van der Waals surface area contributed by atoms with Crippen LogP contribution < -0.4 is 0 Å². The third kappa shape index (κ3) is 3.61. The minimum absolute atomic E-state index is 0.0154. The molecule has 0 aliphatic rings. The highest BCUT2D eigenvalue weighted by atomic mass is 32.2. The van der Waals surface area contributed by atoms with Crippen LogP contribution in [0.2, 0.25) is 0 Å². The Morgan fingerprint density at radius 3 is 2.47 bits per heavy atom. The highest BCUT2D eigenvalue weighted by Crippen LogP contribution is 2.28. The second-order valence-electron chi connectivity index (χ2n) is 4.50. The summed E-state index contributed by atoms with van der Waals surface area (Å²) in [5, 5.41) is 9.81. The van der Waals surface area contributed by atoms with Gasteiger partial charge in [-0.2, -0.15) is 0 Å². The maximum absolute atomic E-state index is 11.3. The van der Waals surface area contributed by atoms with Crippen LogP contribution in [0.4, 0.5) is 0 Å². The molecule has 2 nitrogen and oxygen atoms in total. The topological polar surface area (TPSA) is 37.3 Å². The Bertz CT molecular complexity index is 588. The van der Waals surface area contributed by atoms with Gasteiger partial charge in [0.05, 0.1) is 0 Å². The number of ketones is 1. The zero-order valence-corrected chi connectivity index (χ0v) is 11.8. The van der Waals surface area contributed by atoms with Gasteiger partial charge in [0.1, 0.15) is 5.75 Å². The summed E-state index contributed by atoms with van der Waals surface area (Å²) in [6.07, 6.45) is 0. The van der Waals surface area contributed by atoms with Gasteiger partial charge >= 0.3 is 0 Å². The van der Waals surface area contributed by atoms with Crippen LogP contribution in [-0.2, 0) is 5.75 Å². The first kappa shape index (κ1) is 13.7. The molecule has 0 spiro atoms. The van der Waals surface area contributed by atoms with Gasteiger partial charge in [0, 0.05) is 21.8 Å². The molecule has 1 N–H and O–H groups in total. The van der Waals surface area contributed by atoms with Crippen LogP contribution in [0, 0.1) is 6.92 Å². The van der Waals surface area contributed by atoms with Crippen molar-refractivity contribution in [3.63, 3.8) is 0 Å². The number of hydrogen-bond acceptors (Lipinski definition) is 3. The number of carbonyl (C=O) groups is 1. The molecule has 2 rings (SSSR count). The number of benzene rings is 2. The zero-order valence-electron chi connectivity index (χ0n) is 11.0. The summed E-state index contributed by atoms with van der Waals surface area (Å²) in [5.41, 5.74) is 2.65. The third-order valence-electron chi connectivity index (χ3n) is 2.90. The van der Waals surface area contributed by atoms with Gasteiger partial charge in [-0.3, -0.25) is 4.79 Å². The first-order valence-electron chi connectivity index (χ1n) is 6.08. The second-order valence-corrected chi connectivity index (χ2v) is 5.55. The largest absolute Gasteiger partial charge is 0.508 e. The molecule has 0 aliphatic heterocycles. The van der Waals surface area contributed by atoms with Crippen molar-refractivity contribution in [2.24, 2.45) is 0 Å². The molecule has 3 heteroatoms. The lowest BCUT2D eigenvalue weighted by atomic mass is 10.1. The Kier molecular flexibility index (Phi) is 4.27. The molecular weight excluding hydrogens is 256 g/mol. The molecule has 0 radical (unpaired) electrons. The predicted molar refractivity (Wildman–Crippen MR) is 78.9 cm³/mol. The maximum Gasteiger partial charge on any atom is 0.159 e. The van der Waals surface area contributed by atoms with E-state index in [-0.39, 0.29) is 11.5 Å². The number of aryl methyl sites for hydroxylation is 1. The van der Waals surface area contributed by atoms with Crippen LogP contribution in [0.1, 0.15) is 28.4 Å². The van der Waals surface area contributed by atoms with Gasteiger partial charge in [-0.1, -0.05) is 17.7 Å². The van der Waals surface area contributed by atoms with E-state index in [1.807, 2.05) is 0 Å². The summed E-state index contributed by atoms with van der Waals surface area (Å²) in [4.78, 5) is 12.5. The highest BCUT2D eigenvalue weighted by molar-refractivity contribution is 7.98. The fourth-order valence-electron chi connectivity index (χ4n) is 1.72. The fraction of sp³-hybridized carbons (Fsp3) is 0.188. The first-order valence-corrected chi connectivity index (χ1v) is 7.07. The number of Topliss-reactive ketones (excluding diaryl/α,β-unsaturated/α-hetero) is 1. The van der Waals surface area contributed by atoms with E-state index in [0.29, 0.717) is 11.3 Å². The lowest BCUT2D eigenvalue weighted by Gasteiger charge is -2.06. The van der Waals surface area contributed by atoms with E-state index in [4.69, 9.17) is 0 Å². The number of carbonyl (C=O) groups excluding carboxylic acids is 1. The smallest absolute Gasteiger partial charge is 0.159 e. The summed E-state index contributed by atoms with van der Waals surface area (Å²) in [6.45, 7) is 3.58. The molecule has 0 atom stereocenters. The average Bonchev–Trinajstić information content (AvgIpc) is 2.39. The van der Waals surface area contributed by atoms with E-state index in [2.05, 4.69) is 31.2 Å². The van der Waals surface area contributed by atoms with E-state index in [1.54, 1.807) is 30.0 Å². The van der Waals surface area contributed by atoms with Crippen molar-refractivity contribution in [2.75, 3.05) is 0 Å². The fourth-order valence-corrected chi connectivity index (χ4v) is 2.60. The molecule has 98 valence electrons. The monoisotopic (exact) mass is 272 g/mol. The molecule has 0 amide bonds. The van der Waals surface area contributed by atoms with Crippen LogP contribution in [0.25, 0.3) is 0 Å². The number of hydrogen-bond donors (Lipinski definition) is 1. The Morgan fingerprint density at radius 2 is 1.84 bits per heavy atom. The first-order chi connectivity index (χ1) is 9.06. The summed E-state index contributed by atoms with van der Waals surface area (Å²) >= 11 is 1.65. The molecule has 0 heterocycles. The summed E-state index contributed by atoms with van der Waals surface area (Å²) in [6, 6.07) is 13.2. The Balaban J connectivity index is 2.12. The van der Waals surface area contributed by atoms with Crippen molar-refractivity contribution in [3.8, 4) is 5.75 Å². The van der Waals surface area contributed by atoms with Gasteiger partial charge in [0.25, 0.3) is 0 Å². The van der Waals surface area contributed by atoms with E-state index in [0.717, 1.165) is 10.5 Å². The van der Waals surface area contributed by atoms with Gasteiger partial charge in [-0.25, -0.2) is 0 Å². The predicted octanol–water partition coefficient (Wildman–Crippen LogP) is 4.20. The SMILES string of the molecule is CC(=O)c1ccc(O)c(CSc2ccc(C)cc2)c1. The summed E-state index contributed by atoms with van der Waals surface area (Å²) < 4.78 is 0. The van der Waals surface area contributed by atoms with Gasteiger partial charge < -0.3 is 5.11 Å². The van der Waals surface area contributed by atoms with E-state index < -0.39 is 0 Å². The molecule has 2 aromatic rings. The lowest BCUT2D eigenvalue weighted by Crippen LogP contribution is -1.93. The van der Waals surface area contributed by atoms with Crippen LogP contribution in [-0.4, -0.2) is 10.9 Å². The standard InChI is InChI=1S/C16H16O2S/c1-11-3-6-15(7-4-11)19-10-14-9-13(12(2)17)5-8-16(14)18/h3-9,18H,10H2,1-2H3. The number of rotatable bonds is 4. The van der Waals surface area contributed by atoms with Crippen LogP contribution in [0.5, 0.6) is 5.75 Å². The molecular formula is C16H16O2S. The van der Waals surface area contributed by atoms with Crippen LogP contribution in [0.3, 0.4) is 0 Å². The lowest BCUT2D eigenvalue weighted by molar-refractivity contribution is 0.101. The maximum atomic E-state index is 11.3. The number of thioether (sulfide) groups is 1. The number of aromatic hydroxyl groups is 1. The molecule has 19 heavy (non-hydrogen) atoms. The van der Waals surface area contributed by atoms with Crippen molar-refractivity contribution in [1.82, 2.24) is 0 Å². The average molecular weight is 272 g/mol. The van der Waals surface area contributed by atoms with Gasteiger partial charge in [-0.05, 0) is 44.2 Å². The minimum Gasteiger partial charge on any atom is -0.508 e. The molecule has 0 saturated carbocycles. The quantitative estimate of drug-likeness (QED) is 0.669. The van der Waals surface area contributed by atoms with E-state index >= 15 is 0 Å². The van der Waals surface area contributed by atoms with Gasteiger partial charge in [0.2, 0.25) is 0 Å². The Labute approximate surface area is 117 Å². The van der Waals surface area contributed by atoms with Gasteiger partial charge in [0.15, 0.2) is 5.78 Å². The second kappa shape index (κ2) is 5.93. The van der Waals surface area contributed by atoms with Crippen molar-refractivity contribution in [3.05, 3.63) is 59.2 Å². The Hall–Kier alpha value is -1.74. The van der Waals surface area contributed by atoms with Crippen molar-refractivity contribution >= 4 is 17.5 Å². The molecule has 0 bridgehead atoms. The van der Waals surface area contributed by atoms with Crippen molar-refractivity contribution in [1.29, 1.82) is 0 Å². The summed E-state index contributed by atoms with van der Waals surface area (Å²) in [7, 11) is 0. The third-order valence-corrected chi connectivity index (χ3v) is 3.96. The Morgan fingerprint density at radius 1 is 1.16 bits per heavy atom. The molecule has 0 aliphatic carbocycles. The number of phenols is 1. The molecule has 0 unspecified atom stereocenters. The molecule has 2 aromatic carbocycles. The zero-order chi connectivity index (χ0) is 13.8. The normalized spacial score (nSPS) is 10.4. The summed E-state index contributed by atoms with van der Waals surface area (Å²) in [5.74, 6) is 0.905. The van der Waals surface area contributed by atoms with Crippen molar-refractivity contribution < 1.29 is 9.90 Å². The van der Waals surface area contributed by atoms with Crippen molar-refractivity contribution in [2.45, 2.75) is 24.5 Å². The molecule has 0 saturated heterocycles. The van der Waals surface area contributed by atoms with E-state index in [9.17, 15) is 9.90 Å². The van der Waals surface area contributed by atoms with Gasteiger partial charge in [-0.15, -0.1) is 11.8 Å². The number of phenolic OH excluding ortho intramolecular Hbond substituents is 1.